The highest BCUT2D eigenvalue weighted by Gasteiger charge is 2.24. The number of anilines is 2. The Hall–Kier alpha value is -4.98. The number of aromatic amines is 1. The van der Waals surface area contributed by atoms with Crippen LogP contribution in [0.15, 0.2) is 90.1 Å². The molecule has 2 aromatic carbocycles. The van der Waals surface area contributed by atoms with Gasteiger partial charge in [0.25, 0.3) is 5.56 Å². The number of fused-ring (bicyclic) bond motifs is 1. The Balaban J connectivity index is 1.50. The fraction of sp³-hybridized carbons (Fsp3) is 0.297. The van der Waals surface area contributed by atoms with Crippen LogP contribution in [-0.4, -0.2) is 27.5 Å². The molecule has 3 aromatic heterocycles. The quantitative estimate of drug-likeness (QED) is 0.157. The average Bonchev–Trinajstić information content (AvgIpc) is 3.04. The monoisotopic (exact) mass is 603 g/mol. The molecule has 45 heavy (non-hydrogen) atoms. The highest BCUT2D eigenvalue weighted by molar-refractivity contribution is 6.03. The van der Waals surface area contributed by atoms with Gasteiger partial charge in [0.05, 0.1) is 0 Å². The lowest BCUT2D eigenvalue weighted by Crippen LogP contribution is -2.39. The van der Waals surface area contributed by atoms with Gasteiger partial charge in [-0.05, 0) is 89.0 Å². The van der Waals surface area contributed by atoms with Crippen LogP contribution in [0, 0.1) is 0 Å². The first kappa shape index (κ1) is 31.4. The van der Waals surface area contributed by atoms with E-state index in [1.807, 2.05) is 42.5 Å². The number of amides is 2. The van der Waals surface area contributed by atoms with Crippen molar-refractivity contribution in [3.05, 3.63) is 112 Å². The Bertz CT molecular complexity index is 1800. The smallest absolute Gasteiger partial charge is 0.326 e. The highest BCUT2D eigenvalue weighted by atomic mass is 16.5. The van der Waals surface area contributed by atoms with Crippen LogP contribution in [0.3, 0.4) is 0 Å². The molecule has 2 N–H and O–H groups in total. The fourth-order valence-corrected chi connectivity index (χ4v) is 5.37. The molecule has 0 saturated carbocycles. The summed E-state index contributed by atoms with van der Waals surface area (Å²) in [5, 5.41) is 4.01. The molecule has 0 unspecified atom stereocenters. The summed E-state index contributed by atoms with van der Waals surface area (Å²) >= 11 is 0. The summed E-state index contributed by atoms with van der Waals surface area (Å²) in [6, 6.07) is 21.4. The Kier molecular flexibility index (Phi) is 9.92. The van der Waals surface area contributed by atoms with Gasteiger partial charge in [-0.15, -0.1) is 0 Å². The second-order valence-electron chi connectivity index (χ2n) is 11.9. The molecule has 0 bridgehead atoms. The highest BCUT2D eigenvalue weighted by Crippen LogP contribution is 2.38. The molecule has 0 radical (unpaired) electrons. The van der Waals surface area contributed by atoms with Crippen LogP contribution in [0.4, 0.5) is 16.2 Å². The molecule has 232 valence electrons. The molecular formula is C37H41N5O3. The number of hydrogen-bond donors (Lipinski definition) is 2. The molecule has 3 heterocycles. The lowest BCUT2D eigenvalue weighted by atomic mass is 9.88. The summed E-state index contributed by atoms with van der Waals surface area (Å²) in [6.07, 6.45) is 6.82. The van der Waals surface area contributed by atoms with Gasteiger partial charge in [0.1, 0.15) is 23.7 Å². The van der Waals surface area contributed by atoms with E-state index in [1.54, 1.807) is 29.6 Å². The number of urea groups is 1. The molecule has 0 fully saturated rings. The Labute approximate surface area is 264 Å². The van der Waals surface area contributed by atoms with E-state index in [1.165, 1.54) is 0 Å². The maximum absolute atomic E-state index is 14.1. The molecule has 0 atom stereocenters. The van der Waals surface area contributed by atoms with Crippen molar-refractivity contribution in [1.82, 2.24) is 15.0 Å². The molecule has 0 spiro atoms. The van der Waals surface area contributed by atoms with Crippen LogP contribution < -0.4 is 20.5 Å². The third-order valence-electron chi connectivity index (χ3n) is 7.84. The first-order chi connectivity index (χ1) is 21.7. The Morgan fingerprint density at radius 3 is 2.38 bits per heavy atom. The number of nitrogens with one attached hydrogen (secondary N) is 2. The van der Waals surface area contributed by atoms with Crippen LogP contribution in [-0.2, 0) is 6.61 Å². The van der Waals surface area contributed by atoms with Gasteiger partial charge >= 0.3 is 6.03 Å². The summed E-state index contributed by atoms with van der Waals surface area (Å²) in [5.74, 6) is 1.03. The van der Waals surface area contributed by atoms with Crippen LogP contribution in [0.25, 0.3) is 22.2 Å². The van der Waals surface area contributed by atoms with Gasteiger partial charge in [-0.25, -0.2) is 9.78 Å². The minimum Gasteiger partial charge on any atom is -0.489 e. The van der Waals surface area contributed by atoms with Crippen molar-refractivity contribution in [1.29, 1.82) is 0 Å². The second-order valence-corrected chi connectivity index (χ2v) is 11.9. The number of carbonyl (C=O) groups excluding carboxylic acids is 1. The molecule has 5 rings (SSSR count). The van der Waals surface area contributed by atoms with Crippen molar-refractivity contribution in [2.45, 2.75) is 65.9 Å². The third-order valence-corrected chi connectivity index (χ3v) is 7.84. The number of ether oxygens (including phenoxy) is 1. The standard InChI is InChI=1S/C37H41N5O3/c1-6-7-17-42(33-21-28-13-10-16-39-35(28)41-36(33)43)37(44)40-34-31(24(2)3)19-29(20-32(34)25(4)5)27-12-8-14-30(18-27)45-23-26-11-9-15-38-22-26/h8-16,18-22,24-25H,6-7,17,23H2,1-5H3,(H,40,44)(H,39,41,43). The molecule has 8 heteroatoms. The predicted molar refractivity (Wildman–Crippen MR) is 182 cm³/mol. The molecule has 5 aromatic rings. The van der Waals surface area contributed by atoms with Gasteiger partial charge in [-0.1, -0.05) is 59.2 Å². The van der Waals surface area contributed by atoms with Crippen LogP contribution in [0.1, 0.15) is 76.0 Å². The normalized spacial score (nSPS) is 11.3. The van der Waals surface area contributed by atoms with E-state index in [0.29, 0.717) is 24.5 Å². The zero-order valence-electron chi connectivity index (χ0n) is 26.6. The number of nitrogens with zero attached hydrogens (tertiary/aromatic N) is 3. The zero-order chi connectivity index (χ0) is 31.9. The number of rotatable bonds is 11. The average molecular weight is 604 g/mol. The second kappa shape index (κ2) is 14.2. The number of carbonyl (C=O) groups is 1. The molecule has 0 aliphatic rings. The fourth-order valence-electron chi connectivity index (χ4n) is 5.37. The minimum atomic E-state index is -0.346. The molecule has 0 aliphatic carbocycles. The first-order valence-corrected chi connectivity index (χ1v) is 15.6. The van der Waals surface area contributed by atoms with E-state index in [4.69, 9.17) is 4.74 Å². The summed E-state index contributed by atoms with van der Waals surface area (Å²) in [5.41, 5.74) is 6.38. The Morgan fingerprint density at radius 1 is 0.933 bits per heavy atom. The van der Waals surface area contributed by atoms with Crippen molar-refractivity contribution in [2.75, 3.05) is 16.8 Å². The zero-order valence-corrected chi connectivity index (χ0v) is 26.6. The maximum atomic E-state index is 14.1. The number of aromatic nitrogens is 3. The number of pyridine rings is 3. The molecular weight excluding hydrogens is 562 g/mol. The number of H-pyrrole nitrogens is 1. The summed E-state index contributed by atoms with van der Waals surface area (Å²) in [7, 11) is 0. The van der Waals surface area contributed by atoms with Crippen molar-refractivity contribution in [3.63, 3.8) is 0 Å². The summed E-state index contributed by atoms with van der Waals surface area (Å²) < 4.78 is 6.09. The summed E-state index contributed by atoms with van der Waals surface area (Å²) in [4.78, 5) is 40.1. The van der Waals surface area contributed by atoms with Crippen molar-refractivity contribution < 1.29 is 9.53 Å². The summed E-state index contributed by atoms with van der Waals surface area (Å²) in [6.45, 7) is 11.4. The van der Waals surface area contributed by atoms with E-state index in [0.717, 1.165) is 57.5 Å². The largest absolute Gasteiger partial charge is 0.489 e. The lowest BCUT2D eigenvalue weighted by molar-refractivity contribution is 0.256. The van der Waals surface area contributed by atoms with Crippen LogP contribution in [0.5, 0.6) is 5.75 Å². The van der Waals surface area contributed by atoms with Gasteiger partial charge in [-0.2, -0.15) is 0 Å². The van der Waals surface area contributed by atoms with Gasteiger partial charge in [0.15, 0.2) is 0 Å². The van der Waals surface area contributed by atoms with Gasteiger partial charge in [0, 0.05) is 41.8 Å². The minimum absolute atomic E-state index is 0.127. The molecule has 0 aliphatic heterocycles. The van der Waals surface area contributed by atoms with Crippen LogP contribution >= 0.6 is 0 Å². The van der Waals surface area contributed by atoms with Gasteiger partial charge in [-0.3, -0.25) is 14.7 Å². The van der Waals surface area contributed by atoms with E-state index < -0.39 is 0 Å². The van der Waals surface area contributed by atoms with E-state index in [9.17, 15) is 9.59 Å². The Morgan fingerprint density at radius 2 is 1.69 bits per heavy atom. The molecule has 8 nitrogen and oxygen atoms in total. The third kappa shape index (κ3) is 7.40. The SMILES string of the molecule is CCCCN(C(=O)Nc1c(C(C)C)cc(-c2cccc(OCc3cccnc3)c2)cc1C(C)C)c1cc2cccnc2[nH]c1=O. The van der Waals surface area contributed by atoms with Crippen molar-refractivity contribution in [3.8, 4) is 16.9 Å². The van der Waals surface area contributed by atoms with Gasteiger partial charge < -0.3 is 15.0 Å². The van der Waals surface area contributed by atoms with Gasteiger partial charge in [0.2, 0.25) is 0 Å². The molecule has 0 saturated heterocycles. The number of benzene rings is 2. The lowest BCUT2D eigenvalue weighted by Gasteiger charge is -2.27. The van der Waals surface area contributed by atoms with E-state index in [-0.39, 0.29) is 23.4 Å². The van der Waals surface area contributed by atoms with Crippen LogP contribution in [0.2, 0.25) is 0 Å². The number of unbranched alkanes of at least 4 members (excludes halogenated alkanes) is 1. The van der Waals surface area contributed by atoms with Crippen molar-refractivity contribution in [2.24, 2.45) is 0 Å². The predicted octanol–water partition coefficient (Wildman–Crippen LogP) is 8.65. The maximum Gasteiger partial charge on any atom is 0.326 e. The van der Waals surface area contributed by atoms with E-state index in [2.05, 4.69) is 73.1 Å². The van der Waals surface area contributed by atoms with E-state index >= 15 is 0 Å². The van der Waals surface area contributed by atoms with Crippen molar-refractivity contribution >= 4 is 28.4 Å². The first-order valence-electron chi connectivity index (χ1n) is 15.6. The topological polar surface area (TPSA) is 100 Å². The molecule has 2 amide bonds. The number of hydrogen-bond acceptors (Lipinski definition) is 5.